The molecule has 0 aliphatic carbocycles. The molecule has 1 heterocycles. The number of fused-ring (bicyclic) bond motifs is 1. The van der Waals surface area contributed by atoms with Gasteiger partial charge < -0.3 is 9.90 Å². The van der Waals surface area contributed by atoms with Gasteiger partial charge in [-0.3, -0.25) is 19.6 Å². The van der Waals surface area contributed by atoms with Crippen molar-refractivity contribution in [2.24, 2.45) is 0 Å². The van der Waals surface area contributed by atoms with Crippen molar-refractivity contribution >= 4 is 33.5 Å². The number of rotatable bonds is 4. The van der Waals surface area contributed by atoms with Gasteiger partial charge in [0, 0.05) is 5.69 Å². The molecule has 0 bridgehead atoms. The molecule has 2 amide bonds. The molecule has 8 nitrogen and oxygen atoms in total. The SMILES string of the molecule is O=C([O-])c1ccc(S(=O)(=O)Nc2ccc3c(c2)C(=O)NC3=O)cc1. The number of benzene rings is 2. The van der Waals surface area contributed by atoms with E-state index in [1.807, 2.05) is 0 Å². The fourth-order valence-electron chi connectivity index (χ4n) is 2.22. The maximum atomic E-state index is 12.3. The number of carbonyl (C=O) groups excluding carboxylic acids is 3. The van der Waals surface area contributed by atoms with Gasteiger partial charge in [-0.05, 0) is 35.9 Å². The Hall–Kier alpha value is -3.20. The summed E-state index contributed by atoms with van der Waals surface area (Å²) in [5.74, 6) is -2.56. The first-order valence-corrected chi connectivity index (χ1v) is 8.10. The highest BCUT2D eigenvalue weighted by Gasteiger charge is 2.27. The molecule has 0 unspecified atom stereocenters. The minimum absolute atomic E-state index is 0.0764. The molecule has 0 aromatic heterocycles. The van der Waals surface area contributed by atoms with Gasteiger partial charge in [-0.2, -0.15) is 0 Å². The van der Waals surface area contributed by atoms with E-state index in [4.69, 9.17) is 0 Å². The predicted octanol–water partition coefficient (Wildman–Crippen LogP) is -0.266. The van der Waals surface area contributed by atoms with Gasteiger partial charge in [-0.15, -0.1) is 0 Å². The average Bonchev–Trinajstić information content (AvgIpc) is 2.81. The smallest absolute Gasteiger partial charge is 0.261 e. The van der Waals surface area contributed by atoms with E-state index in [1.165, 1.54) is 18.2 Å². The van der Waals surface area contributed by atoms with Crippen LogP contribution in [0.4, 0.5) is 5.69 Å². The van der Waals surface area contributed by atoms with Crippen LogP contribution in [-0.4, -0.2) is 26.2 Å². The molecule has 0 atom stereocenters. The Bertz CT molecular complexity index is 980. The molecule has 2 aromatic rings. The average molecular weight is 345 g/mol. The predicted molar refractivity (Wildman–Crippen MR) is 79.8 cm³/mol. The third-order valence-corrected chi connectivity index (χ3v) is 4.79. The van der Waals surface area contributed by atoms with E-state index in [2.05, 4.69) is 10.0 Å². The zero-order valence-electron chi connectivity index (χ0n) is 11.9. The first-order chi connectivity index (χ1) is 11.3. The lowest BCUT2D eigenvalue weighted by Gasteiger charge is -2.10. The minimum atomic E-state index is -3.98. The van der Waals surface area contributed by atoms with E-state index < -0.39 is 27.8 Å². The highest BCUT2D eigenvalue weighted by atomic mass is 32.2. The Morgan fingerprint density at radius 2 is 1.58 bits per heavy atom. The standard InChI is InChI=1S/C15H10N2O6S/c18-13-11-6-3-9(7-12(11)14(19)16-13)17-24(22,23)10-4-1-8(2-5-10)15(20)21/h1-7,17H,(H,20,21)(H,16,18,19)/p-1. The molecule has 0 fully saturated rings. The summed E-state index contributed by atoms with van der Waals surface area (Å²) in [5, 5.41) is 12.8. The number of carboxylic acid groups (broad SMARTS) is 1. The summed E-state index contributed by atoms with van der Waals surface area (Å²) in [7, 11) is -3.98. The lowest BCUT2D eigenvalue weighted by molar-refractivity contribution is -0.255. The first kappa shape index (κ1) is 15.7. The van der Waals surface area contributed by atoms with Gasteiger partial charge >= 0.3 is 0 Å². The second-order valence-corrected chi connectivity index (χ2v) is 6.64. The summed E-state index contributed by atoms with van der Waals surface area (Å²) in [4.78, 5) is 33.6. The van der Waals surface area contributed by atoms with Crippen LogP contribution in [0.5, 0.6) is 0 Å². The number of hydrogen-bond acceptors (Lipinski definition) is 6. The molecule has 2 N–H and O–H groups in total. The lowest BCUT2D eigenvalue weighted by Crippen LogP contribution is -2.22. The van der Waals surface area contributed by atoms with Crippen molar-refractivity contribution in [2.45, 2.75) is 4.90 Å². The lowest BCUT2D eigenvalue weighted by atomic mass is 10.1. The van der Waals surface area contributed by atoms with Crippen LogP contribution in [0, 0.1) is 0 Å². The zero-order valence-corrected chi connectivity index (χ0v) is 12.7. The summed E-state index contributed by atoms with van der Waals surface area (Å²) in [6.07, 6.45) is 0. The van der Waals surface area contributed by atoms with Crippen molar-refractivity contribution < 1.29 is 27.9 Å². The number of carboxylic acids is 1. The number of nitrogens with one attached hydrogen (secondary N) is 2. The molecule has 0 saturated heterocycles. The van der Waals surface area contributed by atoms with Crippen LogP contribution in [0.1, 0.15) is 31.1 Å². The van der Waals surface area contributed by atoms with Crippen molar-refractivity contribution in [3.05, 3.63) is 59.2 Å². The van der Waals surface area contributed by atoms with Gasteiger partial charge in [0.25, 0.3) is 21.8 Å². The molecule has 122 valence electrons. The maximum Gasteiger partial charge on any atom is 0.261 e. The van der Waals surface area contributed by atoms with E-state index in [9.17, 15) is 27.9 Å². The number of hydrogen-bond donors (Lipinski definition) is 2. The number of imide groups is 1. The van der Waals surface area contributed by atoms with Gasteiger partial charge in [0.15, 0.2) is 0 Å². The molecule has 0 radical (unpaired) electrons. The number of sulfonamides is 1. The topological polar surface area (TPSA) is 132 Å². The van der Waals surface area contributed by atoms with E-state index in [1.54, 1.807) is 0 Å². The summed E-state index contributed by atoms with van der Waals surface area (Å²) in [5.41, 5.74) is 0.193. The van der Waals surface area contributed by atoms with Crippen molar-refractivity contribution in [1.82, 2.24) is 5.32 Å². The quantitative estimate of drug-likeness (QED) is 0.733. The monoisotopic (exact) mass is 345 g/mol. The molecular weight excluding hydrogens is 336 g/mol. The van der Waals surface area contributed by atoms with Crippen LogP contribution >= 0.6 is 0 Å². The highest BCUT2D eigenvalue weighted by Crippen LogP contribution is 2.22. The van der Waals surface area contributed by atoms with Crippen LogP contribution in [0.25, 0.3) is 0 Å². The van der Waals surface area contributed by atoms with Crippen LogP contribution in [-0.2, 0) is 10.0 Å². The van der Waals surface area contributed by atoms with Crippen molar-refractivity contribution in [1.29, 1.82) is 0 Å². The van der Waals surface area contributed by atoms with Crippen LogP contribution in [0.3, 0.4) is 0 Å². The summed E-state index contributed by atoms with van der Waals surface area (Å²) in [6, 6.07) is 8.41. The van der Waals surface area contributed by atoms with E-state index >= 15 is 0 Å². The second kappa shape index (κ2) is 5.46. The van der Waals surface area contributed by atoms with Gasteiger partial charge in [0.1, 0.15) is 0 Å². The third kappa shape index (κ3) is 2.72. The largest absolute Gasteiger partial charge is 0.545 e. The van der Waals surface area contributed by atoms with Crippen LogP contribution in [0.15, 0.2) is 47.4 Å². The summed E-state index contributed by atoms with van der Waals surface area (Å²) < 4.78 is 26.8. The zero-order chi connectivity index (χ0) is 17.5. The van der Waals surface area contributed by atoms with E-state index in [0.29, 0.717) is 0 Å². The summed E-state index contributed by atoms with van der Waals surface area (Å²) >= 11 is 0. The van der Waals surface area contributed by atoms with Gasteiger partial charge in [0.05, 0.1) is 22.0 Å². The molecule has 9 heteroatoms. The van der Waals surface area contributed by atoms with Gasteiger partial charge in [0.2, 0.25) is 0 Å². The number of amides is 2. The first-order valence-electron chi connectivity index (χ1n) is 6.62. The third-order valence-electron chi connectivity index (χ3n) is 3.39. The molecule has 0 saturated carbocycles. The maximum absolute atomic E-state index is 12.3. The normalized spacial score (nSPS) is 13.3. The Balaban J connectivity index is 1.90. The Morgan fingerprint density at radius 1 is 0.958 bits per heavy atom. The Labute approximate surface area is 136 Å². The molecule has 1 aliphatic rings. The highest BCUT2D eigenvalue weighted by molar-refractivity contribution is 7.92. The van der Waals surface area contributed by atoms with Crippen molar-refractivity contribution in [3.8, 4) is 0 Å². The van der Waals surface area contributed by atoms with E-state index in [-0.39, 0.29) is 27.3 Å². The fraction of sp³-hybridized carbons (Fsp3) is 0. The Kier molecular flexibility index (Phi) is 3.57. The van der Waals surface area contributed by atoms with E-state index in [0.717, 1.165) is 24.3 Å². The number of aromatic carboxylic acids is 1. The Morgan fingerprint density at radius 3 is 2.21 bits per heavy atom. The number of carbonyl (C=O) groups is 3. The van der Waals surface area contributed by atoms with Gasteiger partial charge in [-0.1, -0.05) is 12.1 Å². The molecule has 24 heavy (non-hydrogen) atoms. The molecule has 2 aromatic carbocycles. The van der Waals surface area contributed by atoms with Crippen molar-refractivity contribution in [3.63, 3.8) is 0 Å². The van der Waals surface area contributed by atoms with Crippen molar-refractivity contribution in [2.75, 3.05) is 4.72 Å². The molecule has 3 rings (SSSR count). The summed E-state index contributed by atoms with van der Waals surface area (Å²) in [6.45, 7) is 0. The molecular formula is C15H9N2O6S-. The minimum Gasteiger partial charge on any atom is -0.545 e. The second-order valence-electron chi connectivity index (χ2n) is 4.96. The van der Waals surface area contributed by atoms with Crippen LogP contribution < -0.4 is 15.1 Å². The molecule has 0 spiro atoms. The fourth-order valence-corrected chi connectivity index (χ4v) is 3.27. The van der Waals surface area contributed by atoms with Gasteiger partial charge in [-0.25, -0.2) is 8.42 Å². The number of anilines is 1. The van der Waals surface area contributed by atoms with Crippen LogP contribution in [0.2, 0.25) is 0 Å². The molecule has 1 aliphatic heterocycles.